The van der Waals surface area contributed by atoms with E-state index in [1.54, 1.807) is 23.9 Å². The quantitative estimate of drug-likeness (QED) is 0.367. The molecule has 0 amide bonds. The number of thioether (sulfide) groups is 1. The average molecular weight is 272 g/mol. The Kier molecular flexibility index (Phi) is 4.30. The van der Waals surface area contributed by atoms with Gasteiger partial charge in [0.1, 0.15) is 5.04 Å². The smallest absolute Gasteiger partial charge is 0.258 e. The van der Waals surface area contributed by atoms with Crippen molar-refractivity contribution in [2.24, 2.45) is 4.99 Å². The van der Waals surface area contributed by atoms with E-state index < -0.39 is 4.92 Å². The molecule has 0 saturated heterocycles. The predicted octanol–water partition coefficient (Wildman–Crippen LogP) is 4.04. The average Bonchev–Trinajstić information content (AvgIpc) is 2.46. The van der Waals surface area contributed by atoms with E-state index in [1.807, 2.05) is 36.6 Å². The molecule has 19 heavy (non-hydrogen) atoms. The van der Waals surface area contributed by atoms with Crippen LogP contribution in [0.5, 0.6) is 0 Å². The van der Waals surface area contributed by atoms with Gasteiger partial charge in [0.2, 0.25) is 0 Å². The van der Waals surface area contributed by atoms with Crippen LogP contribution in [0.4, 0.5) is 11.4 Å². The van der Waals surface area contributed by atoms with Crippen LogP contribution in [0.2, 0.25) is 0 Å². The summed E-state index contributed by atoms with van der Waals surface area (Å²) >= 11 is 1.54. The number of hydrogen-bond donors (Lipinski definition) is 0. The molecule has 2 aromatic rings. The Labute approximate surface area is 115 Å². The molecule has 0 fully saturated rings. The van der Waals surface area contributed by atoms with E-state index in [1.165, 1.54) is 12.1 Å². The van der Waals surface area contributed by atoms with Crippen molar-refractivity contribution in [1.82, 2.24) is 0 Å². The van der Waals surface area contributed by atoms with Crippen LogP contribution in [0.25, 0.3) is 0 Å². The van der Waals surface area contributed by atoms with Gasteiger partial charge in [0, 0.05) is 17.7 Å². The Morgan fingerprint density at radius 1 is 1.11 bits per heavy atom. The first kappa shape index (κ1) is 13.3. The number of rotatable bonds is 3. The van der Waals surface area contributed by atoms with Crippen molar-refractivity contribution in [2.75, 3.05) is 6.26 Å². The van der Waals surface area contributed by atoms with Crippen LogP contribution in [0.1, 0.15) is 5.56 Å². The second kappa shape index (κ2) is 6.15. The number of aliphatic imine (C=N–C) groups is 1. The lowest BCUT2D eigenvalue weighted by Gasteiger charge is -2.03. The maximum atomic E-state index is 10.6. The fourth-order valence-electron chi connectivity index (χ4n) is 1.57. The fraction of sp³-hybridized carbons (Fsp3) is 0.0714. The molecule has 0 N–H and O–H groups in total. The third-order valence-electron chi connectivity index (χ3n) is 2.51. The SMILES string of the molecule is CSC(=Nc1ccc([N+](=O)[O-])cc1)c1ccccc1. The Balaban J connectivity index is 2.30. The monoisotopic (exact) mass is 272 g/mol. The van der Waals surface area contributed by atoms with Gasteiger partial charge in [0.25, 0.3) is 5.69 Å². The molecule has 0 unspecified atom stereocenters. The maximum absolute atomic E-state index is 10.6. The van der Waals surface area contributed by atoms with Gasteiger partial charge in [0.05, 0.1) is 10.6 Å². The molecule has 0 aliphatic heterocycles. The summed E-state index contributed by atoms with van der Waals surface area (Å²) in [7, 11) is 0. The maximum Gasteiger partial charge on any atom is 0.269 e. The van der Waals surface area contributed by atoms with Crippen molar-refractivity contribution in [3.8, 4) is 0 Å². The van der Waals surface area contributed by atoms with Gasteiger partial charge in [-0.3, -0.25) is 10.1 Å². The molecular weight excluding hydrogens is 260 g/mol. The van der Waals surface area contributed by atoms with Gasteiger partial charge in [0.15, 0.2) is 0 Å². The molecule has 0 spiro atoms. The number of benzene rings is 2. The van der Waals surface area contributed by atoms with Gasteiger partial charge >= 0.3 is 0 Å². The van der Waals surface area contributed by atoms with Gasteiger partial charge in [-0.2, -0.15) is 0 Å². The lowest BCUT2D eigenvalue weighted by Crippen LogP contribution is -1.93. The number of nitro benzene ring substituents is 1. The standard InChI is InChI=1S/C14H12N2O2S/c1-19-14(11-5-3-2-4-6-11)15-12-7-9-13(10-8-12)16(17)18/h2-10H,1H3. The van der Waals surface area contributed by atoms with Crippen LogP contribution >= 0.6 is 11.8 Å². The summed E-state index contributed by atoms with van der Waals surface area (Å²) in [6, 6.07) is 16.1. The fourth-order valence-corrected chi connectivity index (χ4v) is 2.14. The van der Waals surface area contributed by atoms with Crippen LogP contribution in [0.3, 0.4) is 0 Å². The largest absolute Gasteiger partial charge is 0.269 e. The molecule has 96 valence electrons. The normalized spacial score (nSPS) is 11.3. The van der Waals surface area contributed by atoms with E-state index in [0.717, 1.165) is 10.6 Å². The summed E-state index contributed by atoms with van der Waals surface area (Å²) in [5.41, 5.74) is 1.82. The Hall–Kier alpha value is -2.14. The molecule has 0 bridgehead atoms. The van der Waals surface area contributed by atoms with E-state index in [2.05, 4.69) is 4.99 Å². The molecule has 2 aromatic carbocycles. The topological polar surface area (TPSA) is 55.5 Å². The van der Waals surface area contributed by atoms with Crippen LogP contribution in [-0.2, 0) is 0 Å². The third-order valence-corrected chi connectivity index (χ3v) is 3.22. The molecule has 0 atom stereocenters. The van der Waals surface area contributed by atoms with Crippen molar-refractivity contribution >= 4 is 28.2 Å². The Morgan fingerprint density at radius 3 is 2.26 bits per heavy atom. The molecule has 0 aromatic heterocycles. The Morgan fingerprint density at radius 2 is 1.74 bits per heavy atom. The minimum Gasteiger partial charge on any atom is -0.258 e. The first-order valence-electron chi connectivity index (χ1n) is 5.63. The van der Waals surface area contributed by atoms with Crippen LogP contribution in [-0.4, -0.2) is 16.2 Å². The highest BCUT2D eigenvalue weighted by Gasteiger charge is 2.05. The molecule has 0 heterocycles. The summed E-state index contributed by atoms with van der Waals surface area (Å²) < 4.78 is 0. The van der Waals surface area contributed by atoms with E-state index in [0.29, 0.717) is 5.69 Å². The summed E-state index contributed by atoms with van der Waals surface area (Å²) in [5, 5.41) is 11.5. The molecular formula is C14H12N2O2S. The second-order valence-corrected chi connectivity index (χ2v) is 4.56. The zero-order chi connectivity index (χ0) is 13.7. The van der Waals surface area contributed by atoms with E-state index in [9.17, 15) is 10.1 Å². The summed E-state index contributed by atoms with van der Waals surface area (Å²) in [6.07, 6.45) is 1.96. The van der Waals surface area contributed by atoms with Gasteiger partial charge in [-0.25, -0.2) is 4.99 Å². The molecule has 5 heteroatoms. The highest BCUT2D eigenvalue weighted by Crippen LogP contribution is 2.21. The van der Waals surface area contributed by atoms with Gasteiger partial charge in [-0.15, -0.1) is 11.8 Å². The molecule has 4 nitrogen and oxygen atoms in total. The number of hydrogen-bond acceptors (Lipinski definition) is 4. The highest BCUT2D eigenvalue weighted by molar-refractivity contribution is 8.13. The van der Waals surface area contributed by atoms with Crippen molar-refractivity contribution < 1.29 is 4.92 Å². The summed E-state index contributed by atoms with van der Waals surface area (Å²) in [4.78, 5) is 14.7. The zero-order valence-electron chi connectivity index (χ0n) is 10.3. The molecule has 0 aliphatic rings. The lowest BCUT2D eigenvalue weighted by molar-refractivity contribution is -0.384. The minimum atomic E-state index is -0.416. The first-order valence-corrected chi connectivity index (χ1v) is 6.86. The van der Waals surface area contributed by atoms with Crippen molar-refractivity contribution in [2.45, 2.75) is 0 Å². The van der Waals surface area contributed by atoms with Gasteiger partial charge < -0.3 is 0 Å². The van der Waals surface area contributed by atoms with Gasteiger partial charge in [-0.1, -0.05) is 30.3 Å². The minimum absolute atomic E-state index is 0.0735. The molecule has 0 aliphatic carbocycles. The summed E-state index contributed by atoms with van der Waals surface area (Å²) in [6.45, 7) is 0. The van der Waals surface area contributed by atoms with Crippen molar-refractivity contribution in [1.29, 1.82) is 0 Å². The molecule has 2 rings (SSSR count). The Bertz CT molecular complexity index is 595. The number of nitro groups is 1. The number of non-ortho nitro benzene ring substituents is 1. The van der Waals surface area contributed by atoms with Crippen LogP contribution < -0.4 is 0 Å². The van der Waals surface area contributed by atoms with Crippen LogP contribution in [0, 0.1) is 10.1 Å². The van der Waals surface area contributed by atoms with E-state index >= 15 is 0 Å². The van der Waals surface area contributed by atoms with Crippen LogP contribution in [0.15, 0.2) is 59.6 Å². The van der Waals surface area contributed by atoms with Crippen molar-refractivity contribution in [3.05, 3.63) is 70.3 Å². The molecule has 0 radical (unpaired) electrons. The first-order chi connectivity index (χ1) is 9.20. The molecule has 0 saturated carbocycles. The van der Waals surface area contributed by atoms with E-state index in [-0.39, 0.29) is 5.69 Å². The third kappa shape index (κ3) is 3.42. The lowest BCUT2D eigenvalue weighted by atomic mass is 10.2. The van der Waals surface area contributed by atoms with Gasteiger partial charge in [-0.05, 0) is 18.4 Å². The highest BCUT2D eigenvalue weighted by atomic mass is 32.2. The summed E-state index contributed by atoms with van der Waals surface area (Å²) in [5.74, 6) is 0. The van der Waals surface area contributed by atoms with Crippen molar-refractivity contribution in [3.63, 3.8) is 0 Å². The second-order valence-electron chi connectivity index (χ2n) is 3.76. The predicted molar refractivity (Wildman–Crippen MR) is 79.3 cm³/mol. The zero-order valence-corrected chi connectivity index (χ0v) is 11.1. The number of nitrogens with zero attached hydrogens (tertiary/aromatic N) is 2. The van der Waals surface area contributed by atoms with E-state index in [4.69, 9.17) is 0 Å².